The molecule has 3 aromatic carbocycles. The molecule has 2 nitrogen and oxygen atoms in total. The van der Waals surface area contributed by atoms with Gasteiger partial charge in [-0.15, -0.1) is 0 Å². The largest absolute Gasteiger partial charge is 0.365 e. The Morgan fingerprint density at radius 2 is 1.30 bits per heavy atom. The molecule has 0 aliphatic carbocycles. The third-order valence-corrected chi connectivity index (χ3v) is 7.24. The fourth-order valence-corrected chi connectivity index (χ4v) is 5.63. The summed E-state index contributed by atoms with van der Waals surface area (Å²) in [6.45, 7) is 1.14. The van der Waals surface area contributed by atoms with E-state index in [1.165, 1.54) is 49.1 Å². The van der Waals surface area contributed by atoms with Gasteiger partial charge in [0.2, 0.25) is 0 Å². The maximum atomic E-state index is 13.5. The molecule has 2 fully saturated rings. The molecule has 0 aromatic heterocycles. The van der Waals surface area contributed by atoms with Crippen LogP contribution in [0.25, 0.3) is 0 Å². The topological polar surface area (TPSA) is 12.5 Å². The van der Waals surface area contributed by atoms with Crippen LogP contribution in [0.5, 0.6) is 0 Å². The number of hydrogen-bond donors (Lipinski definition) is 0. The third-order valence-electron chi connectivity index (χ3n) is 7.24. The Balaban J connectivity index is 1.24. The first kappa shape index (κ1) is 22.2. The van der Waals surface area contributed by atoms with Crippen molar-refractivity contribution in [2.45, 2.75) is 62.8 Å². The van der Waals surface area contributed by atoms with E-state index in [9.17, 15) is 8.78 Å². The second-order valence-electron chi connectivity index (χ2n) is 9.42. The molecule has 2 heterocycles. The van der Waals surface area contributed by atoms with Gasteiger partial charge >= 0.3 is 0 Å². The highest BCUT2D eigenvalue weighted by Gasteiger charge is 2.41. The lowest BCUT2D eigenvalue weighted by atomic mass is 9.96. The lowest BCUT2D eigenvalue weighted by Crippen LogP contribution is -2.46. The number of halogens is 2. The van der Waals surface area contributed by atoms with Crippen LogP contribution in [0.1, 0.15) is 54.9 Å². The van der Waals surface area contributed by atoms with Crippen molar-refractivity contribution in [2.75, 3.05) is 6.54 Å². The highest BCUT2D eigenvalue weighted by Crippen LogP contribution is 2.40. The molecule has 3 aromatic rings. The molecule has 33 heavy (non-hydrogen) atoms. The van der Waals surface area contributed by atoms with Crippen molar-refractivity contribution in [1.82, 2.24) is 4.90 Å². The standard InChI is InChI=1S/C29H31F2NO/c30-24-12-8-22(9-13-24)29(23-10-14-25(31)15-11-23)33-28-19-26-16-17-27(20-28)32(26)18-4-7-21-5-2-1-3-6-21/h1-3,5-6,8-15,26-29H,4,7,16-20H2/t26-,27+,28?. The minimum absolute atomic E-state index is 0.146. The fraction of sp³-hybridized carbons (Fsp3) is 0.379. The predicted molar refractivity (Wildman–Crippen MR) is 127 cm³/mol. The van der Waals surface area contributed by atoms with Gasteiger partial charge in [-0.25, -0.2) is 8.78 Å². The summed E-state index contributed by atoms with van der Waals surface area (Å²) >= 11 is 0. The van der Waals surface area contributed by atoms with Crippen molar-refractivity contribution in [2.24, 2.45) is 0 Å². The Labute approximate surface area is 195 Å². The van der Waals surface area contributed by atoms with Crippen LogP contribution in [0.4, 0.5) is 8.78 Å². The minimum Gasteiger partial charge on any atom is -0.365 e. The first-order valence-electron chi connectivity index (χ1n) is 12.1. The average Bonchev–Trinajstić information content (AvgIpc) is 3.07. The Morgan fingerprint density at radius 3 is 1.85 bits per heavy atom. The number of fused-ring (bicyclic) bond motifs is 2. The van der Waals surface area contributed by atoms with Gasteiger partial charge in [0.15, 0.2) is 0 Å². The number of ether oxygens (including phenoxy) is 1. The van der Waals surface area contributed by atoms with E-state index < -0.39 is 0 Å². The van der Waals surface area contributed by atoms with Gasteiger partial charge in [-0.1, -0.05) is 54.6 Å². The Kier molecular flexibility index (Phi) is 6.84. The third kappa shape index (κ3) is 5.34. The molecule has 2 aliphatic heterocycles. The van der Waals surface area contributed by atoms with Gasteiger partial charge in [0.25, 0.3) is 0 Å². The predicted octanol–water partition coefficient (Wildman–Crippen LogP) is 6.70. The van der Waals surface area contributed by atoms with Gasteiger partial charge in [0.1, 0.15) is 17.7 Å². The quantitative estimate of drug-likeness (QED) is 0.381. The molecular weight excluding hydrogens is 416 g/mol. The van der Waals surface area contributed by atoms with Gasteiger partial charge in [-0.3, -0.25) is 4.90 Å². The van der Waals surface area contributed by atoms with Gasteiger partial charge < -0.3 is 4.74 Å². The second kappa shape index (κ2) is 10.1. The van der Waals surface area contributed by atoms with Crippen molar-refractivity contribution >= 4 is 0 Å². The summed E-state index contributed by atoms with van der Waals surface area (Å²) in [5.41, 5.74) is 3.21. The van der Waals surface area contributed by atoms with Crippen LogP contribution in [0.2, 0.25) is 0 Å². The number of hydrogen-bond acceptors (Lipinski definition) is 2. The summed E-state index contributed by atoms with van der Waals surface area (Å²) < 4.78 is 33.7. The number of benzene rings is 3. The smallest absolute Gasteiger partial charge is 0.123 e. The molecule has 2 aliphatic rings. The lowest BCUT2D eigenvalue weighted by Gasteiger charge is -2.40. The molecular formula is C29H31F2NO. The van der Waals surface area contributed by atoms with E-state index in [4.69, 9.17) is 4.74 Å². The van der Waals surface area contributed by atoms with Crippen LogP contribution in [0.3, 0.4) is 0 Å². The van der Waals surface area contributed by atoms with Crippen LogP contribution in [0.15, 0.2) is 78.9 Å². The molecule has 2 saturated heterocycles. The number of piperidine rings is 1. The van der Waals surface area contributed by atoms with Crippen LogP contribution in [-0.4, -0.2) is 29.6 Å². The van der Waals surface area contributed by atoms with Gasteiger partial charge in [0.05, 0.1) is 6.10 Å². The molecule has 0 saturated carbocycles. The van der Waals surface area contributed by atoms with E-state index in [0.717, 1.165) is 36.9 Å². The second-order valence-corrected chi connectivity index (χ2v) is 9.42. The highest BCUT2D eigenvalue weighted by atomic mass is 19.1. The van der Waals surface area contributed by atoms with Crippen LogP contribution in [0, 0.1) is 11.6 Å². The van der Waals surface area contributed by atoms with Crippen LogP contribution in [-0.2, 0) is 11.2 Å². The number of nitrogens with zero attached hydrogens (tertiary/aromatic N) is 1. The molecule has 172 valence electrons. The molecule has 5 rings (SSSR count). The van der Waals surface area contributed by atoms with Gasteiger partial charge in [-0.2, -0.15) is 0 Å². The Bertz CT molecular complexity index is 962. The molecule has 4 heteroatoms. The maximum Gasteiger partial charge on any atom is 0.123 e. The summed E-state index contributed by atoms with van der Waals surface area (Å²) in [5, 5.41) is 0. The summed E-state index contributed by atoms with van der Waals surface area (Å²) in [5.74, 6) is -0.531. The summed E-state index contributed by atoms with van der Waals surface area (Å²) in [6, 6.07) is 24.8. The van der Waals surface area contributed by atoms with Crippen LogP contribution < -0.4 is 0 Å². The van der Waals surface area contributed by atoms with E-state index in [1.54, 1.807) is 24.3 Å². The minimum atomic E-state index is -0.319. The van der Waals surface area contributed by atoms with E-state index >= 15 is 0 Å². The highest BCUT2D eigenvalue weighted by molar-refractivity contribution is 5.30. The fourth-order valence-electron chi connectivity index (χ4n) is 5.63. The summed E-state index contributed by atoms with van der Waals surface area (Å²) in [6.07, 6.45) is 6.61. The van der Waals surface area contributed by atoms with Crippen LogP contribution >= 0.6 is 0 Å². The zero-order chi connectivity index (χ0) is 22.6. The molecule has 3 atom stereocenters. The molecule has 0 N–H and O–H groups in total. The average molecular weight is 448 g/mol. The maximum absolute atomic E-state index is 13.5. The molecule has 0 radical (unpaired) electrons. The Morgan fingerprint density at radius 1 is 0.758 bits per heavy atom. The molecule has 2 bridgehead atoms. The van der Waals surface area contributed by atoms with Gasteiger partial charge in [-0.05, 0) is 86.0 Å². The van der Waals surface area contributed by atoms with E-state index in [-0.39, 0.29) is 23.8 Å². The zero-order valence-electron chi connectivity index (χ0n) is 18.9. The first-order chi connectivity index (χ1) is 16.2. The lowest BCUT2D eigenvalue weighted by molar-refractivity contribution is -0.0483. The molecule has 1 unspecified atom stereocenters. The SMILES string of the molecule is Fc1ccc(C(OC2C[C@H]3CC[C@@H](C2)N3CCCc2ccccc2)c2ccc(F)cc2)cc1. The van der Waals surface area contributed by atoms with Gasteiger partial charge in [0, 0.05) is 12.1 Å². The monoisotopic (exact) mass is 447 g/mol. The van der Waals surface area contributed by atoms with Crippen molar-refractivity contribution in [3.63, 3.8) is 0 Å². The Hall–Kier alpha value is -2.56. The molecule has 0 spiro atoms. The summed E-state index contributed by atoms with van der Waals surface area (Å²) in [4.78, 5) is 2.70. The van der Waals surface area contributed by atoms with E-state index in [0.29, 0.717) is 12.1 Å². The van der Waals surface area contributed by atoms with E-state index in [1.807, 2.05) is 0 Å². The van der Waals surface area contributed by atoms with E-state index in [2.05, 4.69) is 35.2 Å². The number of aryl methyl sites for hydroxylation is 1. The zero-order valence-corrected chi connectivity index (χ0v) is 18.9. The first-order valence-corrected chi connectivity index (χ1v) is 12.1. The van der Waals surface area contributed by atoms with Crippen molar-refractivity contribution in [3.8, 4) is 0 Å². The van der Waals surface area contributed by atoms with Crippen molar-refractivity contribution < 1.29 is 13.5 Å². The normalized spacial score (nSPS) is 22.7. The number of rotatable bonds is 8. The molecule has 0 amide bonds. The van der Waals surface area contributed by atoms with Crippen molar-refractivity contribution in [3.05, 3.63) is 107 Å². The summed E-state index contributed by atoms with van der Waals surface area (Å²) in [7, 11) is 0. The van der Waals surface area contributed by atoms with Crippen molar-refractivity contribution in [1.29, 1.82) is 0 Å².